The van der Waals surface area contributed by atoms with Crippen molar-refractivity contribution >= 4 is 11.8 Å². The van der Waals surface area contributed by atoms with Gasteiger partial charge in [0, 0.05) is 25.9 Å². The molecule has 0 fully saturated rings. The maximum Gasteiger partial charge on any atom is 0.223 e. The van der Waals surface area contributed by atoms with Gasteiger partial charge in [-0.15, -0.1) is 0 Å². The number of phenolic OH excluding ortho intramolecular Hbond substituents is 1. The molecule has 3 aromatic carbocycles. The molecule has 164 valence electrons. The zero-order valence-corrected chi connectivity index (χ0v) is 18.3. The number of rotatable bonds is 6. The first kappa shape index (κ1) is 21.6. The highest BCUT2D eigenvalue weighted by Gasteiger charge is 2.21. The van der Waals surface area contributed by atoms with Crippen LogP contribution in [0.2, 0.25) is 0 Å². The topological polar surface area (TPSA) is 69.6 Å². The Labute approximate surface area is 188 Å². The van der Waals surface area contributed by atoms with E-state index < -0.39 is 0 Å². The number of fused-ring (bicyclic) bond motifs is 1. The summed E-state index contributed by atoms with van der Waals surface area (Å²) in [4.78, 5) is 26.9. The summed E-state index contributed by atoms with van der Waals surface area (Å²) in [6.45, 7) is 3.28. The predicted octanol–water partition coefficient (Wildman–Crippen LogP) is 4.60. The molecule has 0 aromatic heterocycles. The average molecular weight is 429 g/mol. The molecule has 3 aromatic rings. The van der Waals surface area contributed by atoms with E-state index in [2.05, 4.69) is 17.4 Å². The maximum atomic E-state index is 12.6. The predicted molar refractivity (Wildman–Crippen MR) is 125 cm³/mol. The fourth-order valence-electron chi connectivity index (χ4n) is 4.10. The van der Waals surface area contributed by atoms with Crippen LogP contribution in [0.3, 0.4) is 0 Å². The number of nitrogens with zero attached hydrogens (tertiary/aromatic N) is 1. The number of carbonyl (C=O) groups excluding carboxylic acids is 2. The number of nitrogens with one attached hydrogen (secondary N) is 1. The van der Waals surface area contributed by atoms with Gasteiger partial charge in [0.25, 0.3) is 0 Å². The molecule has 4 rings (SSSR count). The van der Waals surface area contributed by atoms with Crippen LogP contribution in [-0.4, -0.2) is 28.4 Å². The molecule has 32 heavy (non-hydrogen) atoms. The van der Waals surface area contributed by atoms with Gasteiger partial charge >= 0.3 is 0 Å². The van der Waals surface area contributed by atoms with Gasteiger partial charge in [0.05, 0.1) is 6.04 Å². The van der Waals surface area contributed by atoms with Gasteiger partial charge in [-0.1, -0.05) is 60.7 Å². The summed E-state index contributed by atoms with van der Waals surface area (Å²) in [6.07, 6.45) is 1.28. The van der Waals surface area contributed by atoms with Gasteiger partial charge in [-0.3, -0.25) is 9.59 Å². The molecule has 2 amide bonds. The van der Waals surface area contributed by atoms with E-state index in [-0.39, 0.29) is 36.4 Å². The molecular weight excluding hydrogens is 400 g/mol. The highest BCUT2D eigenvalue weighted by Crippen LogP contribution is 2.24. The summed E-state index contributed by atoms with van der Waals surface area (Å²) >= 11 is 0. The van der Waals surface area contributed by atoms with Crippen molar-refractivity contribution in [2.24, 2.45) is 0 Å². The summed E-state index contributed by atoms with van der Waals surface area (Å²) in [7, 11) is 0. The number of benzene rings is 3. The maximum absolute atomic E-state index is 12.6. The third kappa shape index (κ3) is 5.17. The van der Waals surface area contributed by atoms with Crippen molar-refractivity contribution in [3.63, 3.8) is 0 Å². The number of aromatic hydroxyl groups is 1. The third-order valence-electron chi connectivity index (χ3n) is 6.04. The van der Waals surface area contributed by atoms with Crippen LogP contribution in [-0.2, 0) is 22.6 Å². The van der Waals surface area contributed by atoms with E-state index in [4.69, 9.17) is 0 Å². The molecule has 0 spiro atoms. The minimum absolute atomic E-state index is 0.0283. The lowest BCUT2D eigenvalue weighted by molar-refractivity contribution is -0.134. The first-order chi connectivity index (χ1) is 15.5. The first-order valence-corrected chi connectivity index (χ1v) is 11.0. The van der Waals surface area contributed by atoms with Crippen LogP contribution in [0.25, 0.3) is 11.1 Å². The summed E-state index contributed by atoms with van der Waals surface area (Å²) < 4.78 is 0. The normalized spacial score (nSPS) is 13.8. The molecule has 1 heterocycles. The Morgan fingerprint density at radius 1 is 0.906 bits per heavy atom. The summed E-state index contributed by atoms with van der Waals surface area (Å²) in [5, 5.41) is 12.4. The van der Waals surface area contributed by atoms with Crippen LogP contribution in [0.4, 0.5) is 0 Å². The minimum atomic E-state index is -0.145. The molecule has 1 aliphatic rings. The second-order valence-corrected chi connectivity index (χ2v) is 8.29. The van der Waals surface area contributed by atoms with Crippen molar-refractivity contribution < 1.29 is 14.7 Å². The number of amides is 2. The van der Waals surface area contributed by atoms with E-state index in [1.54, 1.807) is 12.1 Å². The standard InChI is InChI=1S/C27H28N2O3/c1-19(20-6-8-22(9-7-20)23-10-12-25(30)13-11-23)28-26(31)14-15-27(32)29-17-16-21-4-2-3-5-24(21)18-29/h2-13,19,30H,14-18H2,1H3,(H,28,31). The zero-order chi connectivity index (χ0) is 22.5. The van der Waals surface area contributed by atoms with Crippen molar-refractivity contribution in [1.82, 2.24) is 10.2 Å². The Balaban J connectivity index is 1.26. The smallest absolute Gasteiger partial charge is 0.223 e. The summed E-state index contributed by atoms with van der Waals surface area (Å²) in [6, 6.07) is 23.1. The summed E-state index contributed by atoms with van der Waals surface area (Å²) in [5.74, 6) is 0.150. The Kier molecular flexibility index (Phi) is 6.55. The molecule has 0 radical (unpaired) electrons. The average Bonchev–Trinajstić information content (AvgIpc) is 2.82. The Bertz CT molecular complexity index is 1090. The van der Waals surface area contributed by atoms with Crippen LogP contribution in [0.5, 0.6) is 5.75 Å². The highest BCUT2D eigenvalue weighted by molar-refractivity contribution is 5.84. The second-order valence-electron chi connectivity index (χ2n) is 8.29. The Hall–Kier alpha value is -3.60. The van der Waals surface area contributed by atoms with E-state index in [1.165, 1.54) is 11.1 Å². The molecule has 0 bridgehead atoms. The van der Waals surface area contributed by atoms with E-state index in [9.17, 15) is 14.7 Å². The van der Waals surface area contributed by atoms with Crippen molar-refractivity contribution in [3.8, 4) is 16.9 Å². The number of phenols is 1. The van der Waals surface area contributed by atoms with Crippen LogP contribution >= 0.6 is 0 Å². The molecular formula is C27H28N2O3. The van der Waals surface area contributed by atoms with E-state index in [0.717, 1.165) is 23.1 Å². The van der Waals surface area contributed by atoms with Gasteiger partial charge in [-0.25, -0.2) is 0 Å². The Morgan fingerprint density at radius 3 is 2.22 bits per heavy atom. The molecule has 5 nitrogen and oxygen atoms in total. The fourth-order valence-corrected chi connectivity index (χ4v) is 4.10. The second kappa shape index (κ2) is 9.69. The monoisotopic (exact) mass is 428 g/mol. The fraction of sp³-hybridized carbons (Fsp3) is 0.259. The molecule has 0 saturated heterocycles. The van der Waals surface area contributed by atoms with Crippen molar-refractivity contribution in [2.75, 3.05) is 6.54 Å². The summed E-state index contributed by atoms with van der Waals surface area (Å²) in [5.41, 5.74) is 5.56. The quantitative estimate of drug-likeness (QED) is 0.603. The number of hydrogen-bond acceptors (Lipinski definition) is 3. The van der Waals surface area contributed by atoms with E-state index in [0.29, 0.717) is 13.1 Å². The van der Waals surface area contributed by atoms with E-state index in [1.807, 2.05) is 60.4 Å². The highest BCUT2D eigenvalue weighted by atomic mass is 16.3. The lowest BCUT2D eigenvalue weighted by Gasteiger charge is -2.29. The Morgan fingerprint density at radius 2 is 1.53 bits per heavy atom. The van der Waals surface area contributed by atoms with Gasteiger partial charge in [0.15, 0.2) is 0 Å². The lowest BCUT2D eigenvalue weighted by atomic mass is 9.99. The van der Waals surface area contributed by atoms with Crippen molar-refractivity contribution in [2.45, 2.75) is 38.8 Å². The first-order valence-electron chi connectivity index (χ1n) is 11.0. The van der Waals surface area contributed by atoms with Crippen LogP contribution in [0, 0.1) is 0 Å². The van der Waals surface area contributed by atoms with Gasteiger partial charge < -0.3 is 15.3 Å². The van der Waals surface area contributed by atoms with Crippen LogP contribution in [0.15, 0.2) is 72.8 Å². The molecule has 1 unspecified atom stereocenters. The van der Waals surface area contributed by atoms with Crippen molar-refractivity contribution in [1.29, 1.82) is 0 Å². The lowest BCUT2D eigenvalue weighted by Crippen LogP contribution is -2.36. The molecule has 2 N–H and O–H groups in total. The molecule has 0 aliphatic carbocycles. The van der Waals surface area contributed by atoms with Gasteiger partial charge in [0.2, 0.25) is 11.8 Å². The van der Waals surface area contributed by atoms with Gasteiger partial charge in [-0.05, 0) is 53.3 Å². The molecule has 1 aliphatic heterocycles. The van der Waals surface area contributed by atoms with Crippen LogP contribution < -0.4 is 5.32 Å². The number of carbonyl (C=O) groups is 2. The largest absolute Gasteiger partial charge is 0.508 e. The SMILES string of the molecule is CC(NC(=O)CCC(=O)N1CCc2ccccc2C1)c1ccc(-c2ccc(O)cc2)cc1. The third-order valence-corrected chi connectivity index (χ3v) is 6.04. The minimum Gasteiger partial charge on any atom is -0.508 e. The number of hydrogen-bond donors (Lipinski definition) is 2. The molecule has 5 heteroatoms. The molecule has 0 saturated carbocycles. The van der Waals surface area contributed by atoms with Crippen molar-refractivity contribution in [3.05, 3.63) is 89.5 Å². The van der Waals surface area contributed by atoms with E-state index >= 15 is 0 Å². The zero-order valence-electron chi connectivity index (χ0n) is 18.3. The van der Waals surface area contributed by atoms with Crippen LogP contribution in [0.1, 0.15) is 42.5 Å². The van der Waals surface area contributed by atoms with Gasteiger partial charge in [-0.2, -0.15) is 0 Å². The molecule has 1 atom stereocenters. The van der Waals surface area contributed by atoms with Gasteiger partial charge in [0.1, 0.15) is 5.75 Å².